The summed E-state index contributed by atoms with van der Waals surface area (Å²) in [5, 5.41) is 13.8. The summed E-state index contributed by atoms with van der Waals surface area (Å²) >= 11 is 0. The van der Waals surface area contributed by atoms with Gasteiger partial charge in [0.15, 0.2) is 6.04 Å². The summed E-state index contributed by atoms with van der Waals surface area (Å²) < 4.78 is 60.0. The van der Waals surface area contributed by atoms with E-state index >= 15 is 0 Å². The number of carbonyl (C=O) groups excluding carboxylic acids is 1. The predicted molar refractivity (Wildman–Crippen MR) is 134 cm³/mol. The van der Waals surface area contributed by atoms with E-state index in [0.717, 1.165) is 12.1 Å². The molecule has 186 valence electrons. The van der Waals surface area contributed by atoms with Crippen LogP contribution in [0.5, 0.6) is 0 Å². The summed E-state index contributed by atoms with van der Waals surface area (Å²) in [7, 11) is -8.65. The van der Waals surface area contributed by atoms with E-state index in [2.05, 4.69) is 20.1 Å². The number of anilines is 2. The number of para-hydroxylation sites is 1. The molecule has 0 spiro atoms. The summed E-state index contributed by atoms with van der Waals surface area (Å²) in [6, 6.07) is 16.8. The molecule has 1 heterocycles. The van der Waals surface area contributed by atoms with E-state index in [1.54, 1.807) is 38.1 Å². The predicted octanol–water partition coefficient (Wildman–Crippen LogP) is 3.92. The van der Waals surface area contributed by atoms with Gasteiger partial charge in [-0.05, 0) is 61.9 Å². The van der Waals surface area contributed by atoms with Gasteiger partial charge in [-0.1, -0.05) is 30.3 Å². The third kappa shape index (κ3) is 5.32. The van der Waals surface area contributed by atoms with Gasteiger partial charge >= 0.3 is 0 Å². The van der Waals surface area contributed by atoms with Gasteiger partial charge in [0.25, 0.3) is 26.0 Å². The average Bonchev–Trinajstić information content (AvgIpc) is 3.11. The Morgan fingerprint density at radius 1 is 0.917 bits per heavy atom. The number of nitrogens with one attached hydrogen (secondary N) is 1. The topological polar surface area (TPSA) is 158 Å². The van der Waals surface area contributed by atoms with Gasteiger partial charge in [-0.2, -0.15) is 28.8 Å². The second-order valence-corrected chi connectivity index (χ2v) is 11.0. The van der Waals surface area contributed by atoms with Crippen LogP contribution >= 0.6 is 0 Å². The lowest BCUT2D eigenvalue weighted by Gasteiger charge is -2.12. The Labute approximate surface area is 208 Å². The highest BCUT2D eigenvalue weighted by molar-refractivity contribution is 7.92. The number of amides is 1. The van der Waals surface area contributed by atoms with Gasteiger partial charge in [0.05, 0.1) is 32.6 Å². The van der Waals surface area contributed by atoms with Crippen molar-refractivity contribution in [2.75, 3.05) is 9.73 Å². The van der Waals surface area contributed by atoms with Gasteiger partial charge in [-0.15, -0.1) is 0 Å². The van der Waals surface area contributed by atoms with Crippen LogP contribution in [0, 0.1) is 6.92 Å². The third-order valence-corrected chi connectivity index (χ3v) is 7.48. The number of carbonyl (C=O) groups is 1. The van der Waals surface area contributed by atoms with E-state index in [4.69, 9.17) is 0 Å². The molecule has 4 rings (SSSR count). The molecule has 13 heteroatoms. The van der Waals surface area contributed by atoms with E-state index in [1.165, 1.54) is 35.3 Å². The molecule has 1 aliphatic rings. The Hall–Kier alpha value is -3.94. The zero-order chi connectivity index (χ0) is 26.1. The van der Waals surface area contributed by atoms with E-state index < -0.39 is 31.1 Å². The normalized spacial score (nSPS) is 16.4. The lowest BCUT2D eigenvalue weighted by molar-refractivity contribution is -0.117. The summed E-state index contributed by atoms with van der Waals surface area (Å²) in [6.07, 6.45) is 0. The van der Waals surface area contributed by atoms with Crippen LogP contribution in [0.15, 0.2) is 97.9 Å². The number of hydrogen-bond donors (Lipinski definition) is 2. The molecule has 1 amide bonds. The molecule has 3 aromatic rings. The molecule has 0 fully saturated rings. The number of hydrogen-bond acceptors (Lipinski definition) is 8. The molecule has 2 N–H and O–H groups in total. The number of hydrazone groups is 1. The molecule has 0 aliphatic carbocycles. The van der Waals surface area contributed by atoms with Crippen LogP contribution < -0.4 is 9.73 Å². The second kappa shape index (κ2) is 9.60. The zero-order valence-electron chi connectivity index (χ0n) is 19.1. The molecular formula is C23H21N5O6S2. The Morgan fingerprint density at radius 3 is 2.33 bits per heavy atom. The summed E-state index contributed by atoms with van der Waals surface area (Å²) in [6.45, 7) is 3.37. The van der Waals surface area contributed by atoms with Gasteiger partial charge in [-0.3, -0.25) is 14.1 Å². The maximum atomic E-state index is 12.9. The van der Waals surface area contributed by atoms with Gasteiger partial charge in [0, 0.05) is 0 Å². The summed E-state index contributed by atoms with van der Waals surface area (Å²) in [5.74, 6) is -0.385. The van der Waals surface area contributed by atoms with Crippen LogP contribution in [-0.4, -0.2) is 39.0 Å². The fourth-order valence-corrected chi connectivity index (χ4v) is 4.96. The molecule has 0 radical (unpaired) electrons. The van der Waals surface area contributed by atoms with E-state index in [-0.39, 0.29) is 22.2 Å². The SMILES string of the molecule is CC1=NN(c2ccccc2)C(=O)C1N=Nc1cc(S(=O)(=O)Nc2cccc(S(=O)(=O)O)c2)ccc1C. The largest absolute Gasteiger partial charge is 0.294 e. The van der Waals surface area contributed by atoms with Gasteiger partial charge in [0.2, 0.25) is 0 Å². The van der Waals surface area contributed by atoms with Crippen molar-refractivity contribution in [3.8, 4) is 0 Å². The average molecular weight is 528 g/mol. The van der Waals surface area contributed by atoms with Gasteiger partial charge in [0.1, 0.15) is 0 Å². The lowest BCUT2D eigenvalue weighted by Crippen LogP contribution is -2.29. The van der Waals surface area contributed by atoms with Crippen molar-refractivity contribution in [3.05, 3.63) is 78.4 Å². The first-order chi connectivity index (χ1) is 17.0. The highest BCUT2D eigenvalue weighted by atomic mass is 32.2. The molecule has 3 aromatic carbocycles. The number of rotatable bonds is 7. The fraction of sp³-hybridized carbons (Fsp3) is 0.130. The lowest BCUT2D eigenvalue weighted by atomic mass is 10.2. The minimum Gasteiger partial charge on any atom is -0.282 e. The maximum Gasteiger partial charge on any atom is 0.294 e. The smallest absolute Gasteiger partial charge is 0.282 e. The molecular weight excluding hydrogens is 506 g/mol. The van der Waals surface area contributed by atoms with Crippen molar-refractivity contribution in [1.29, 1.82) is 0 Å². The highest BCUT2D eigenvalue weighted by Crippen LogP contribution is 2.27. The molecule has 0 saturated heterocycles. The number of nitrogens with zero attached hydrogens (tertiary/aromatic N) is 4. The number of benzene rings is 3. The molecule has 1 unspecified atom stereocenters. The van der Waals surface area contributed by atoms with Crippen molar-refractivity contribution in [1.82, 2.24) is 0 Å². The number of aryl methyl sites for hydroxylation is 1. The first kappa shape index (κ1) is 25.2. The second-order valence-electron chi connectivity index (χ2n) is 7.90. The molecule has 11 nitrogen and oxygen atoms in total. The van der Waals surface area contributed by atoms with Crippen LogP contribution in [-0.2, 0) is 24.9 Å². The van der Waals surface area contributed by atoms with Crippen LogP contribution in [0.4, 0.5) is 17.1 Å². The van der Waals surface area contributed by atoms with Gasteiger partial charge < -0.3 is 0 Å². The third-order valence-electron chi connectivity index (χ3n) is 5.25. The Morgan fingerprint density at radius 2 is 1.64 bits per heavy atom. The van der Waals surface area contributed by atoms with E-state index in [9.17, 15) is 26.2 Å². The minimum absolute atomic E-state index is 0.0572. The minimum atomic E-state index is -4.51. The van der Waals surface area contributed by atoms with E-state index in [1.807, 2.05) is 6.07 Å². The molecule has 1 aliphatic heterocycles. The Balaban J connectivity index is 1.58. The summed E-state index contributed by atoms with van der Waals surface area (Å²) in [5.41, 5.74) is 1.81. The zero-order valence-corrected chi connectivity index (χ0v) is 20.7. The van der Waals surface area contributed by atoms with Crippen LogP contribution in [0.2, 0.25) is 0 Å². The first-order valence-electron chi connectivity index (χ1n) is 10.5. The van der Waals surface area contributed by atoms with Crippen LogP contribution in [0.25, 0.3) is 0 Å². The molecule has 1 atom stereocenters. The van der Waals surface area contributed by atoms with Crippen molar-refractivity contribution in [3.63, 3.8) is 0 Å². The Bertz CT molecular complexity index is 1600. The van der Waals surface area contributed by atoms with Crippen molar-refractivity contribution in [2.24, 2.45) is 15.3 Å². The van der Waals surface area contributed by atoms with Gasteiger partial charge in [-0.25, -0.2) is 8.42 Å². The number of sulfonamides is 1. The molecule has 0 saturated carbocycles. The maximum absolute atomic E-state index is 12.9. The van der Waals surface area contributed by atoms with Crippen molar-refractivity contribution >= 4 is 48.8 Å². The fourth-order valence-electron chi connectivity index (χ4n) is 3.36. The van der Waals surface area contributed by atoms with Crippen molar-refractivity contribution < 1.29 is 26.2 Å². The molecule has 0 aromatic heterocycles. The quantitative estimate of drug-likeness (QED) is 0.350. The summed E-state index contributed by atoms with van der Waals surface area (Å²) in [4.78, 5) is 12.2. The monoisotopic (exact) mass is 527 g/mol. The standard InChI is InChI=1S/C23H21N5O6S2/c1-15-11-12-19(35(30,31)27-17-7-6-10-20(13-17)36(32,33)34)14-21(15)24-25-22-16(2)26-28(23(22)29)18-8-4-3-5-9-18/h3-14,22,27H,1-2H3,(H,32,33,34). The Kier molecular flexibility index (Phi) is 6.71. The highest BCUT2D eigenvalue weighted by Gasteiger charge is 2.34. The first-order valence-corrected chi connectivity index (χ1v) is 13.4. The van der Waals surface area contributed by atoms with Crippen molar-refractivity contribution in [2.45, 2.75) is 29.7 Å². The van der Waals surface area contributed by atoms with Crippen LogP contribution in [0.1, 0.15) is 12.5 Å². The van der Waals surface area contributed by atoms with E-state index in [0.29, 0.717) is 17.0 Å². The number of azo groups is 1. The van der Waals surface area contributed by atoms with Crippen LogP contribution in [0.3, 0.4) is 0 Å². The molecule has 36 heavy (non-hydrogen) atoms. The molecule has 0 bridgehead atoms.